The van der Waals surface area contributed by atoms with E-state index < -0.39 is 67.9 Å². The molecule has 51 heavy (non-hydrogen) atoms. The number of amides is 1. The van der Waals surface area contributed by atoms with Crippen LogP contribution in [0.2, 0.25) is 0 Å². The number of alkyl halides is 3. The van der Waals surface area contributed by atoms with Crippen molar-refractivity contribution in [3.63, 3.8) is 0 Å². The normalized spacial score (nSPS) is 20.6. The van der Waals surface area contributed by atoms with Gasteiger partial charge in [0.05, 0.1) is 28.0 Å². The minimum atomic E-state index is -1.87. The Balaban J connectivity index is 1.61. The largest absolute Gasteiger partial charge is 0.457 e. The number of carbonyl (C=O) groups is 2. The topological polar surface area (TPSA) is 133 Å². The first-order valence-corrected chi connectivity index (χ1v) is 20.3. The van der Waals surface area contributed by atoms with Gasteiger partial charge in [0.25, 0.3) is 0 Å². The van der Waals surface area contributed by atoms with Crippen LogP contribution in [-0.2, 0) is 28.3 Å². The summed E-state index contributed by atoms with van der Waals surface area (Å²) in [6.07, 6.45) is 6.27. The molecular weight excluding hydrogens is 740 g/mol. The van der Waals surface area contributed by atoms with Crippen molar-refractivity contribution < 1.29 is 43.3 Å². The number of carbonyl (C=O) groups excluding carboxylic acids is 2. The summed E-state index contributed by atoms with van der Waals surface area (Å²) < 4.78 is 27.1. The summed E-state index contributed by atoms with van der Waals surface area (Å²) in [5, 5.41) is 25.7. The molecule has 0 aromatic heterocycles. The average molecular weight is 793 g/mol. The highest BCUT2D eigenvalue weighted by Gasteiger charge is 2.49. The minimum absolute atomic E-state index is 0.00179. The van der Waals surface area contributed by atoms with Gasteiger partial charge in [-0.2, -0.15) is 0 Å². The number of aliphatic hydroxyl groups excluding tert-OH is 2. The van der Waals surface area contributed by atoms with Crippen molar-refractivity contribution in [1.29, 1.82) is 0 Å². The number of rotatable bonds is 23. The zero-order valence-corrected chi connectivity index (χ0v) is 32.5. The van der Waals surface area contributed by atoms with Crippen LogP contribution in [0.25, 0.3) is 0 Å². The molecule has 2 aromatic carbocycles. The molecule has 0 unspecified atom stereocenters. The first kappa shape index (κ1) is 43.7. The van der Waals surface area contributed by atoms with E-state index in [-0.39, 0.29) is 19.6 Å². The van der Waals surface area contributed by atoms with Gasteiger partial charge in [0, 0.05) is 17.0 Å². The van der Waals surface area contributed by atoms with E-state index in [1.807, 2.05) is 60.7 Å². The SMILES string of the molecule is CCCCCCCCCCCCCC(=O)O[C@H]1[C@H](O)[C@@H](CO)O[C@H](OCCOP(c2ccccc2)c2ccccc2)[C@H]1NC(=O)OCC(Cl)(Cl)Cl. The Kier molecular flexibility index (Phi) is 21.0. The van der Waals surface area contributed by atoms with Gasteiger partial charge in [-0.15, -0.1) is 0 Å². The highest BCUT2D eigenvalue weighted by molar-refractivity contribution is 7.68. The predicted molar refractivity (Wildman–Crippen MR) is 202 cm³/mol. The molecule has 10 nitrogen and oxygen atoms in total. The van der Waals surface area contributed by atoms with Crippen LogP contribution in [0.15, 0.2) is 60.7 Å². The maximum absolute atomic E-state index is 13.0. The van der Waals surface area contributed by atoms with E-state index in [2.05, 4.69) is 12.2 Å². The van der Waals surface area contributed by atoms with Gasteiger partial charge < -0.3 is 39.0 Å². The molecular formula is C37H53Cl3NO9P. The number of halogens is 3. The molecule has 0 saturated carbocycles. The highest BCUT2D eigenvalue weighted by atomic mass is 35.6. The van der Waals surface area contributed by atoms with Crippen molar-refractivity contribution in [2.75, 3.05) is 26.4 Å². The summed E-state index contributed by atoms with van der Waals surface area (Å²) in [6, 6.07) is 18.4. The van der Waals surface area contributed by atoms with Gasteiger partial charge in [0.2, 0.25) is 3.79 Å². The molecule has 0 radical (unpaired) electrons. The molecule has 1 heterocycles. The maximum atomic E-state index is 13.0. The van der Waals surface area contributed by atoms with Crippen LogP contribution >= 0.6 is 43.0 Å². The van der Waals surface area contributed by atoms with Crippen LogP contribution in [-0.4, -0.2) is 83.1 Å². The maximum Gasteiger partial charge on any atom is 0.407 e. The number of benzene rings is 2. The van der Waals surface area contributed by atoms with E-state index in [1.165, 1.54) is 44.9 Å². The van der Waals surface area contributed by atoms with E-state index in [9.17, 15) is 19.8 Å². The molecule has 3 rings (SSSR count). The molecule has 1 amide bonds. The zero-order valence-electron chi connectivity index (χ0n) is 29.3. The number of nitrogens with one attached hydrogen (secondary N) is 1. The van der Waals surface area contributed by atoms with Crippen molar-refractivity contribution in [3.05, 3.63) is 60.7 Å². The van der Waals surface area contributed by atoms with Crippen LogP contribution in [0.3, 0.4) is 0 Å². The predicted octanol–water partition coefficient (Wildman–Crippen LogP) is 7.22. The zero-order chi connectivity index (χ0) is 36.9. The Morgan fingerprint density at radius 3 is 1.92 bits per heavy atom. The second-order valence-corrected chi connectivity index (χ2v) is 16.9. The fraction of sp³-hybridized carbons (Fsp3) is 0.622. The van der Waals surface area contributed by atoms with E-state index in [4.69, 9.17) is 58.3 Å². The summed E-state index contributed by atoms with van der Waals surface area (Å²) in [7, 11) is -1.17. The van der Waals surface area contributed by atoms with Crippen LogP contribution in [0.4, 0.5) is 4.79 Å². The third-order valence-electron chi connectivity index (χ3n) is 8.32. The lowest BCUT2D eigenvalue weighted by atomic mass is 9.96. The quantitative estimate of drug-likeness (QED) is 0.0462. The average Bonchev–Trinajstić information content (AvgIpc) is 3.12. The highest BCUT2D eigenvalue weighted by Crippen LogP contribution is 2.35. The van der Waals surface area contributed by atoms with Crippen molar-refractivity contribution >= 4 is 65.6 Å². The molecule has 1 saturated heterocycles. The summed E-state index contributed by atoms with van der Waals surface area (Å²) in [5.74, 6) is -0.562. The summed E-state index contributed by atoms with van der Waals surface area (Å²) >= 11 is 17.3. The Bertz CT molecular complexity index is 1210. The number of alkyl carbamates (subject to hydrolysis) is 1. The molecule has 14 heteroatoms. The van der Waals surface area contributed by atoms with Gasteiger partial charge >= 0.3 is 12.1 Å². The molecule has 5 atom stereocenters. The third-order valence-corrected chi connectivity index (χ3v) is 10.6. The summed E-state index contributed by atoms with van der Waals surface area (Å²) in [4.78, 5) is 25.8. The molecule has 286 valence electrons. The van der Waals surface area contributed by atoms with E-state index in [0.29, 0.717) is 6.42 Å². The fourth-order valence-electron chi connectivity index (χ4n) is 5.69. The van der Waals surface area contributed by atoms with Crippen LogP contribution < -0.4 is 15.9 Å². The van der Waals surface area contributed by atoms with Gasteiger partial charge in [0.15, 0.2) is 12.4 Å². The summed E-state index contributed by atoms with van der Waals surface area (Å²) in [5.41, 5.74) is 0. The molecule has 0 aliphatic carbocycles. The van der Waals surface area contributed by atoms with Gasteiger partial charge in [-0.25, -0.2) is 4.79 Å². The van der Waals surface area contributed by atoms with Crippen molar-refractivity contribution in [1.82, 2.24) is 5.32 Å². The van der Waals surface area contributed by atoms with Crippen LogP contribution in [0.1, 0.15) is 84.0 Å². The molecule has 0 bridgehead atoms. The minimum Gasteiger partial charge on any atom is -0.457 e. The van der Waals surface area contributed by atoms with Crippen LogP contribution in [0, 0.1) is 0 Å². The fourth-order valence-corrected chi connectivity index (χ4v) is 7.59. The third kappa shape index (κ3) is 16.9. The van der Waals surface area contributed by atoms with Gasteiger partial charge in [0.1, 0.15) is 24.9 Å². The molecule has 1 fully saturated rings. The van der Waals surface area contributed by atoms with Gasteiger partial charge in [-0.05, 0) is 6.42 Å². The molecule has 1 aliphatic heterocycles. The number of hydrogen-bond acceptors (Lipinski definition) is 9. The second-order valence-electron chi connectivity index (χ2n) is 12.5. The number of ether oxygens (including phenoxy) is 4. The second kappa shape index (κ2) is 24.6. The molecule has 0 spiro atoms. The van der Waals surface area contributed by atoms with Crippen LogP contribution in [0.5, 0.6) is 0 Å². The molecule has 3 N–H and O–H groups in total. The Morgan fingerprint density at radius 1 is 0.843 bits per heavy atom. The monoisotopic (exact) mass is 791 g/mol. The van der Waals surface area contributed by atoms with Gasteiger partial charge in [-0.1, -0.05) is 167 Å². The lowest BCUT2D eigenvalue weighted by Gasteiger charge is -2.43. The molecule has 1 aliphatic rings. The Labute approximate surface area is 318 Å². The number of esters is 1. The lowest BCUT2D eigenvalue weighted by Crippen LogP contribution is -2.66. The Hall–Kier alpha value is -1.72. The van der Waals surface area contributed by atoms with Gasteiger partial charge in [-0.3, -0.25) is 4.79 Å². The smallest absolute Gasteiger partial charge is 0.407 e. The standard InChI is InChI=1S/C37H53Cl3NO9P/c1-2-3-4-5-6-7-8-9-10-11-18-23-31(43)50-34-32(41-36(45)47-27-37(38,39)40)35(49-30(26-42)33(34)44)46-24-25-48-51(28-19-14-12-15-20-28)29-21-16-13-17-22-29/h12-17,19-22,30,32-35,42,44H,2-11,18,23-27H2,1H3,(H,41,45)/t30-,32+,33-,34-,35+/m1/s1. The van der Waals surface area contributed by atoms with Crippen molar-refractivity contribution in [2.24, 2.45) is 0 Å². The van der Waals surface area contributed by atoms with E-state index in [1.54, 1.807) is 0 Å². The number of aliphatic hydroxyl groups is 2. The number of hydrogen-bond donors (Lipinski definition) is 3. The Morgan fingerprint density at radius 2 is 1.39 bits per heavy atom. The van der Waals surface area contributed by atoms with Crippen molar-refractivity contribution in [3.8, 4) is 0 Å². The van der Waals surface area contributed by atoms with Crippen molar-refractivity contribution in [2.45, 2.75) is 118 Å². The first-order chi connectivity index (χ1) is 24.6. The van der Waals surface area contributed by atoms with E-state index >= 15 is 0 Å². The first-order valence-electron chi connectivity index (χ1n) is 17.9. The summed E-state index contributed by atoms with van der Waals surface area (Å²) in [6.45, 7) is 1.19. The number of unbranched alkanes of at least 4 members (excludes halogenated alkanes) is 10. The lowest BCUT2D eigenvalue weighted by molar-refractivity contribution is -0.273. The van der Waals surface area contributed by atoms with E-state index in [0.717, 1.165) is 29.9 Å². The molecule has 2 aromatic rings.